The smallest absolute Gasteiger partial charge is 0.291 e. The standard InChI is InChI=1S/C19H14N2O5/c1-21-18(23)12-7-6-11(9-13(12)19(21)24)20-17(22)15-8-10-4-3-5-14(25-2)16(10)26-15/h3-9H,1-2H3,(H,20,22). The molecule has 0 radical (unpaired) electrons. The van der Waals surface area contributed by atoms with Gasteiger partial charge in [-0.15, -0.1) is 0 Å². The fourth-order valence-electron chi connectivity index (χ4n) is 2.94. The van der Waals surface area contributed by atoms with Crippen LogP contribution in [0.15, 0.2) is 46.9 Å². The molecule has 0 spiro atoms. The summed E-state index contributed by atoms with van der Waals surface area (Å²) in [5, 5.41) is 3.42. The van der Waals surface area contributed by atoms with Crippen LogP contribution in [0.25, 0.3) is 11.0 Å². The first-order valence-electron chi connectivity index (χ1n) is 7.84. The van der Waals surface area contributed by atoms with Crippen LogP contribution >= 0.6 is 0 Å². The highest BCUT2D eigenvalue weighted by atomic mass is 16.5. The lowest BCUT2D eigenvalue weighted by molar-refractivity contribution is 0.0692. The molecule has 2 heterocycles. The third-order valence-corrected chi connectivity index (χ3v) is 4.30. The first-order chi connectivity index (χ1) is 12.5. The summed E-state index contributed by atoms with van der Waals surface area (Å²) in [5.41, 5.74) is 1.47. The van der Waals surface area contributed by atoms with Gasteiger partial charge in [0.1, 0.15) is 0 Å². The molecule has 26 heavy (non-hydrogen) atoms. The molecule has 0 aliphatic carbocycles. The van der Waals surface area contributed by atoms with E-state index in [0.29, 0.717) is 22.6 Å². The number of benzene rings is 2. The third kappa shape index (κ3) is 2.33. The van der Waals surface area contributed by atoms with Crippen LogP contribution in [0.2, 0.25) is 0 Å². The Labute approximate surface area is 148 Å². The number of fused-ring (bicyclic) bond motifs is 2. The second kappa shape index (κ2) is 5.73. The molecule has 3 aromatic rings. The molecule has 130 valence electrons. The fraction of sp³-hybridized carbons (Fsp3) is 0.105. The van der Waals surface area contributed by atoms with Crippen LogP contribution in [0.4, 0.5) is 5.69 Å². The van der Waals surface area contributed by atoms with E-state index in [-0.39, 0.29) is 17.2 Å². The van der Waals surface area contributed by atoms with Gasteiger partial charge < -0.3 is 14.5 Å². The van der Waals surface area contributed by atoms with Crippen molar-refractivity contribution in [1.82, 2.24) is 4.90 Å². The molecule has 0 bridgehead atoms. The SMILES string of the molecule is COc1cccc2cc(C(=O)Nc3ccc4c(c3)C(=O)N(C)C4=O)oc12. The summed E-state index contributed by atoms with van der Waals surface area (Å²) in [5.74, 6) is -0.564. The van der Waals surface area contributed by atoms with E-state index in [9.17, 15) is 14.4 Å². The molecule has 0 saturated heterocycles. The van der Waals surface area contributed by atoms with E-state index in [0.717, 1.165) is 10.3 Å². The Morgan fingerprint density at radius 2 is 1.85 bits per heavy atom. The van der Waals surface area contributed by atoms with Crippen LogP contribution in [0.1, 0.15) is 31.3 Å². The largest absolute Gasteiger partial charge is 0.493 e. The summed E-state index contributed by atoms with van der Waals surface area (Å²) in [6, 6.07) is 11.6. The number of methoxy groups -OCH3 is 1. The van der Waals surface area contributed by atoms with Gasteiger partial charge in [0.05, 0.1) is 18.2 Å². The number of amides is 3. The van der Waals surface area contributed by atoms with Crippen molar-refractivity contribution in [2.45, 2.75) is 0 Å². The molecule has 0 atom stereocenters. The molecule has 1 aliphatic heterocycles. The molecule has 0 saturated carbocycles. The van der Waals surface area contributed by atoms with Gasteiger partial charge >= 0.3 is 0 Å². The number of furan rings is 1. The van der Waals surface area contributed by atoms with Crippen LogP contribution < -0.4 is 10.1 Å². The van der Waals surface area contributed by atoms with E-state index in [4.69, 9.17) is 9.15 Å². The van der Waals surface area contributed by atoms with Crippen LogP contribution in [-0.2, 0) is 0 Å². The van der Waals surface area contributed by atoms with Crippen LogP contribution in [-0.4, -0.2) is 36.8 Å². The van der Waals surface area contributed by atoms with Crippen LogP contribution in [0.5, 0.6) is 5.75 Å². The van der Waals surface area contributed by atoms with Crippen molar-refractivity contribution in [3.05, 3.63) is 59.4 Å². The minimum Gasteiger partial charge on any atom is -0.493 e. The Bertz CT molecular complexity index is 1080. The topological polar surface area (TPSA) is 88.9 Å². The Kier molecular flexibility index (Phi) is 3.50. The number of imide groups is 1. The normalized spacial score (nSPS) is 13.2. The maximum Gasteiger partial charge on any atom is 0.291 e. The number of hydrogen-bond acceptors (Lipinski definition) is 5. The molecule has 4 rings (SSSR count). The Balaban J connectivity index is 1.64. The highest BCUT2D eigenvalue weighted by Gasteiger charge is 2.32. The van der Waals surface area contributed by atoms with Crippen molar-refractivity contribution in [3.8, 4) is 5.75 Å². The van der Waals surface area contributed by atoms with E-state index in [1.54, 1.807) is 24.3 Å². The molecule has 1 aromatic heterocycles. The number of para-hydroxylation sites is 1. The van der Waals surface area contributed by atoms with Gasteiger partial charge in [-0.3, -0.25) is 19.3 Å². The summed E-state index contributed by atoms with van der Waals surface area (Å²) >= 11 is 0. The van der Waals surface area contributed by atoms with Crippen molar-refractivity contribution in [3.63, 3.8) is 0 Å². The fourth-order valence-corrected chi connectivity index (χ4v) is 2.94. The summed E-state index contributed by atoms with van der Waals surface area (Å²) in [7, 11) is 2.95. The van der Waals surface area contributed by atoms with Crippen molar-refractivity contribution < 1.29 is 23.5 Å². The van der Waals surface area contributed by atoms with Crippen molar-refractivity contribution in [2.24, 2.45) is 0 Å². The van der Waals surface area contributed by atoms with Gasteiger partial charge in [0.15, 0.2) is 17.1 Å². The first kappa shape index (κ1) is 15.9. The van der Waals surface area contributed by atoms with Gasteiger partial charge in [-0.05, 0) is 30.3 Å². The number of carbonyl (C=O) groups is 3. The van der Waals surface area contributed by atoms with E-state index in [2.05, 4.69) is 5.32 Å². The Hall–Kier alpha value is -3.61. The molecule has 1 aliphatic rings. The highest BCUT2D eigenvalue weighted by molar-refractivity contribution is 6.21. The predicted molar refractivity (Wildman–Crippen MR) is 93.6 cm³/mol. The molecule has 2 aromatic carbocycles. The second-order valence-corrected chi connectivity index (χ2v) is 5.87. The monoisotopic (exact) mass is 350 g/mol. The number of rotatable bonds is 3. The van der Waals surface area contributed by atoms with E-state index >= 15 is 0 Å². The molecule has 7 nitrogen and oxygen atoms in total. The van der Waals surface area contributed by atoms with Gasteiger partial charge in [0, 0.05) is 18.1 Å². The zero-order valence-corrected chi connectivity index (χ0v) is 14.0. The van der Waals surface area contributed by atoms with Gasteiger partial charge in [-0.2, -0.15) is 0 Å². The number of ether oxygens (including phenoxy) is 1. The summed E-state index contributed by atoms with van der Waals surface area (Å²) < 4.78 is 10.8. The predicted octanol–water partition coefficient (Wildman–Crippen LogP) is 2.92. The molecule has 0 unspecified atom stereocenters. The van der Waals surface area contributed by atoms with Gasteiger partial charge in [-0.25, -0.2) is 0 Å². The molecule has 1 N–H and O–H groups in total. The average Bonchev–Trinajstić information content (AvgIpc) is 3.18. The Morgan fingerprint density at radius 1 is 1.08 bits per heavy atom. The maximum atomic E-state index is 12.5. The lowest BCUT2D eigenvalue weighted by Gasteiger charge is -2.04. The number of anilines is 1. The zero-order valence-electron chi connectivity index (χ0n) is 14.0. The summed E-state index contributed by atoms with van der Waals surface area (Å²) in [4.78, 5) is 37.5. The minimum atomic E-state index is -0.465. The number of hydrogen-bond donors (Lipinski definition) is 1. The summed E-state index contributed by atoms with van der Waals surface area (Å²) in [6.45, 7) is 0. The van der Waals surface area contributed by atoms with Crippen LogP contribution in [0, 0.1) is 0 Å². The number of carbonyl (C=O) groups excluding carboxylic acids is 3. The maximum absolute atomic E-state index is 12.5. The first-order valence-corrected chi connectivity index (χ1v) is 7.84. The molecular weight excluding hydrogens is 336 g/mol. The Morgan fingerprint density at radius 3 is 2.62 bits per heavy atom. The summed E-state index contributed by atoms with van der Waals surface area (Å²) in [6.07, 6.45) is 0. The molecule has 7 heteroatoms. The third-order valence-electron chi connectivity index (χ3n) is 4.30. The minimum absolute atomic E-state index is 0.115. The van der Waals surface area contributed by atoms with Crippen molar-refractivity contribution in [1.29, 1.82) is 0 Å². The molecular formula is C19H14N2O5. The molecule has 3 amide bonds. The van der Waals surface area contributed by atoms with E-state index in [1.165, 1.54) is 26.3 Å². The average molecular weight is 350 g/mol. The lowest BCUT2D eigenvalue weighted by atomic mass is 10.1. The van der Waals surface area contributed by atoms with Gasteiger partial charge in [-0.1, -0.05) is 12.1 Å². The molecule has 0 fully saturated rings. The lowest BCUT2D eigenvalue weighted by Crippen LogP contribution is -2.24. The highest BCUT2D eigenvalue weighted by Crippen LogP contribution is 2.29. The zero-order chi connectivity index (χ0) is 18.4. The van der Waals surface area contributed by atoms with Crippen LogP contribution in [0.3, 0.4) is 0 Å². The van der Waals surface area contributed by atoms with E-state index < -0.39 is 11.8 Å². The second-order valence-electron chi connectivity index (χ2n) is 5.87. The van der Waals surface area contributed by atoms with Gasteiger partial charge in [0.2, 0.25) is 0 Å². The quantitative estimate of drug-likeness (QED) is 0.734. The number of nitrogens with one attached hydrogen (secondary N) is 1. The van der Waals surface area contributed by atoms with E-state index in [1.807, 2.05) is 6.07 Å². The van der Waals surface area contributed by atoms with Crippen molar-refractivity contribution in [2.75, 3.05) is 19.5 Å². The number of nitrogens with zero attached hydrogens (tertiary/aromatic N) is 1. The van der Waals surface area contributed by atoms with Gasteiger partial charge in [0.25, 0.3) is 17.7 Å². The van der Waals surface area contributed by atoms with Crippen molar-refractivity contribution >= 4 is 34.4 Å².